The highest BCUT2D eigenvalue weighted by Crippen LogP contribution is 2.12. The number of nitro benzene ring substituents is 1. The molecule has 21 heavy (non-hydrogen) atoms. The van der Waals surface area contributed by atoms with E-state index < -0.39 is 4.92 Å². The van der Waals surface area contributed by atoms with E-state index in [0.29, 0.717) is 12.1 Å². The maximum Gasteiger partial charge on any atom is 0.269 e. The monoisotopic (exact) mass is 288 g/mol. The van der Waals surface area contributed by atoms with Gasteiger partial charge < -0.3 is 5.32 Å². The molecule has 0 amide bonds. The normalized spacial score (nSPS) is 10.6. The predicted molar refractivity (Wildman–Crippen MR) is 79.6 cm³/mol. The molecule has 2 rings (SSSR count). The van der Waals surface area contributed by atoms with Gasteiger partial charge in [-0.3, -0.25) is 10.1 Å². The average Bonchev–Trinajstić information content (AvgIpc) is 2.47. The van der Waals surface area contributed by atoms with Gasteiger partial charge in [0.1, 0.15) is 5.82 Å². The van der Waals surface area contributed by atoms with Crippen molar-refractivity contribution < 1.29 is 9.31 Å². The number of non-ortho nitro benzene ring substituents is 1. The van der Waals surface area contributed by atoms with Gasteiger partial charge in [0.25, 0.3) is 5.69 Å². The first-order valence-corrected chi connectivity index (χ1v) is 6.75. The summed E-state index contributed by atoms with van der Waals surface area (Å²) < 4.78 is 13.1. The quantitative estimate of drug-likeness (QED) is 0.503. The van der Waals surface area contributed by atoms with Crippen LogP contribution in [0.2, 0.25) is 0 Å². The second kappa shape index (κ2) is 6.95. The minimum atomic E-state index is -0.404. The van der Waals surface area contributed by atoms with E-state index in [1.54, 1.807) is 25.1 Å². The molecular formula is C16H17FN2O2. The zero-order valence-corrected chi connectivity index (χ0v) is 11.8. The van der Waals surface area contributed by atoms with Crippen LogP contribution in [0.4, 0.5) is 10.1 Å². The number of nitro groups is 1. The Bertz CT molecular complexity index is 627. The number of aryl methyl sites for hydroxylation is 1. The molecule has 0 aliphatic heterocycles. The number of halogens is 1. The number of benzene rings is 2. The Kier molecular flexibility index (Phi) is 5.00. The minimum Gasteiger partial charge on any atom is -0.312 e. The highest BCUT2D eigenvalue weighted by atomic mass is 19.1. The van der Waals surface area contributed by atoms with E-state index in [2.05, 4.69) is 5.32 Å². The highest BCUT2D eigenvalue weighted by molar-refractivity contribution is 5.33. The van der Waals surface area contributed by atoms with Gasteiger partial charge in [-0.15, -0.1) is 0 Å². The standard InChI is InChI=1S/C16H17FN2O2/c1-12-10-14(4-7-16(12)17)11-18-9-8-13-2-5-15(6-3-13)19(20)21/h2-7,10,18H,8-9,11H2,1H3. The van der Waals surface area contributed by atoms with Crippen molar-refractivity contribution in [1.29, 1.82) is 0 Å². The Labute approximate surface area is 122 Å². The molecule has 1 N–H and O–H groups in total. The lowest BCUT2D eigenvalue weighted by Gasteiger charge is -2.06. The van der Waals surface area contributed by atoms with Crippen LogP contribution >= 0.6 is 0 Å². The van der Waals surface area contributed by atoms with E-state index in [0.717, 1.165) is 24.1 Å². The molecule has 5 heteroatoms. The van der Waals surface area contributed by atoms with Gasteiger partial charge in [0.15, 0.2) is 0 Å². The van der Waals surface area contributed by atoms with E-state index in [9.17, 15) is 14.5 Å². The summed E-state index contributed by atoms with van der Waals surface area (Å²) in [5.74, 6) is -0.190. The van der Waals surface area contributed by atoms with Crippen molar-refractivity contribution in [2.24, 2.45) is 0 Å². The van der Waals surface area contributed by atoms with E-state index in [1.807, 2.05) is 6.07 Å². The Morgan fingerprint density at radius 3 is 2.43 bits per heavy atom. The van der Waals surface area contributed by atoms with Gasteiger partial charge in [0.2, 0.25) is 0 Å². The van der Waals surface area contributed by atoms with Crippen LogP contribution in [0.3, 0.4) is 0 Å². The molecular weight excluding hydrogens is 271 g/mol. The fraction of sp³-hybridized carbons (Fsp3) is 0.250. The van der Waals surface area contributed by atoms with Gasteiger partial charge in [-0.05, 0) is 42.6 Å². The molecule has 110 valence electrons. The van der Waals surface area contributed by atoms with Crippen LogP contribution in [0.25, 0.3) is 0 Å². The number of hydrogen-bond donors (Lipinski definition) is 1. The summed E-state index contributed by atoms with van der Waals surface area (Å²) in [6.45, 7) is 3.18. The fourth-order valence-electron chi connectivity index (χ4n) is 2.07. The molecule has 0 unspecified atom stereocenters. The molecule has 0 aromatic heterocycles. The summed E-state index contributed by atoms with van der Waals surface area (Å²) in [7, 11) is 0. The Hall–Kier alpha value is -2.27. The lowest BCUT2D eigenvalue weighted by molar-refractivity contribution is -0.384. The Morgan fingerprint density at radius 2 is 1.81 bits per heavy atom. The molecule has 0 saturated heterocycles. The van der Waals surface area contributed by atoms with Gasteiger partial charge in [-0.2, -0.15) is 0 Å². The van der Waals surface area contributed by atoms with E-state index in [1.165, 1.54) is 18.2 Å². The molecule has 0 atom stereocenters. The average molecular weight is 288 g/mol. The molecule has 0 bridgehead atoms. The van der Waals surface area contributed by atoms with Crippen molar-refractivity contribution in [3.05, 3.63) is 75.1 Å². The molecule has 0 heterocycles. The van der Waals surface area contributed by atoms with E-state index in [4.69, 9.17) is 0 Å². The smallest absolute Gasteiger partial charge is 0.269 e. The molecule has 4 nitrogen and oxygen atoms in total. The molecule has 2 aromatic carbocycles. The minimum absolute atomic E-state index is 0.105. The highest BCUT2D eigenvalue weighted by Gasteiger charge is 2.03. The fourth-order valence-corrected chi connectivity index (χ4v) is 2.07. The summed E-state index contributed by atoms with van der Waals surface area (Å²) in [4.78, 5) is 10.1. The zero-order chi connectivity index (χ0) is 15.2. The van der Waals surface area contributed by atoms with Gasteiger partial charge in [-0.1, -0.05) is 24.3 Å². The summed E-state index contributed by atoms with van der Waals surface area (Å²) in [6.07, 6.45) is 0.790. The SMILES string of the molecule is Cc1cc(CNCCc2ccc([N+](=O)[O-])cc2)ccc1F. The third kappa shape index (κ3) is 4.36. The number of nitrogens with zero attached hydrogens (tertiary/aromatic N) is 1. The largest absolute Gasteiger partial charge is 0.312 e. The zero-order valence-electron chi connectivity index (χ0n) is 11.8. The van der Waals surface area contributed by atoms with Crippen LogP contribution in [0.1, 0.15) is 16.7 Å². The molecule has 0 aliphatic rings. The second-order valence-corrected chi connectivity index (χ2v) is 4.93. The molecule has 0 radical (unpaired) electrons. The van der Waals surface area contributed by atoms with Crippen molar-refractivity contribution in [2.75, 3.05) is 6.54 Å². The van der Waals surface area contributed by atoms with Crippen molar-refractivity contribution in [3.8, 4) is 0 Å². The molecule has 0 aliphatic carbocycles. The van der Waals surface area contributed by atoms with Crippen molar-refractivity contribution in [1.82, 2.24) is 5.32 Å². The topological polar surface area (TPSA) is 55.2 Å². The maximum atomic E-state index is 13.1. The lowest BCUT2D eigenvalue weighted by atomic mass is 10.1. The van der Waals surface area contributed by atoms with Crippen molar-refractivity contribution in [3.63, 3.8) is 0 Å². The number of rotatable bonds is 6. The maximum absolute atomic E-state index is 13.1. The first kappa shape index (κ1) is 15.1. The molecule has 0 fully saturated rings. The van der Waals surface area contributed by atoms with E-state index >= 15 is 0 Å². The Morgan fingerprint density at radius 1 is 1.14 bits per heavy atom. The number of nitrogens with one attached hydrogen (secondary N) is 1. The van der Waals surface area contributed by atoms with Crippen LogP contribution in [0, 0.1) is 22.9 Å². The van der Waals surface area contributed by atoms with Crippen LogP contribution in [0.15, 0.2) is 42.5 Å². The molecule has 0 spiro atoms. The summed E-state index contributed by atoms with van der Waals surface area (Å²) >= 11 is 0. The van der Waals surface area contributed by atoms with Gasteiger partial charge in [-0.25, -0.2) is 4.39 Å². The van der Waals surface area contributed by atoms with Gasteiger partial charge in [0, 0.05) is 18.7 Å². The number of hydrogen-bond acceptors (Lipinski definition) is 3. The predicted octanol–water partition coefficient (Wildman–Crippen LogP) is 3.37. The summed E-state index contributed by atoms with van der Waals surface area (Å²) in [6, 6.07) is 11.6. The van der Waals surface area contributed by atoms with Gasteiger partial charge in [0.05, 0.1) is 4.92 Å². The third-order valence-corrected chi connectivity index (χ3v) is 3.29. The van der Waals surface area contributed by atoms with Crippen LogP contribution in [-0.4, -0.2) is 11.5 Å². The first-order chi connectivity index (χ1) is 10.1. The van der Waals surface area contributed by atoms with Crippen molar-refractivity contribution >= 4 is 5.69 Å². The lowest BCUT2D eigenvalue weighted by Crippen LogP contribution is -2.16. The summed E-state index contributed by atoms with van der Waals surface area (Å²) in [5, 5.41) is 13.8. The van der Waals surface area contributed by atoms with Crippen LogP contribution in [0.5, 0.6) is 0 Å². The van der Waals surface area contributed by atoms with Crippen LogP contribution < -0.4 is 5.32 Å². The molecule has 2 aromatic rings. The van der Waals surface area contributed by atoms with E-state index in [-0.39, 0.29) is 11.5 Å². The van der Waals surface area contributed by atoms with Gasteiger partial charge >= 0.3 is 0 Å². The third-order valence-electron chi connectivity index (χ3n) is 3.29. The second-order valence-electron chi connectivity index (χ2n) is 4.93. The summed E-state index contributed by atoms with van der Waals surface area (Å²) in [5.41, 5.74) is 2.83. The first-order valence-electron chi connectivity index (χ1n) is 6.75. The molecule has 0 saturated carbocycles. The van der Waals surface area contributed by atoms with Crippen LogP contribution in [-0.2, 0) is 13.0 Å². The Balaban J connectivity index is 1.79. The van der Waals surface area contributed by atoms with Crippen molar-refractivity contribution in [2.45, 2.75) is 19.9 Å².